The summed E-state index contributed by atoms with van der Waals surface area (Å²) in [6, 6.07) is 3.54. The maximum absolute atomic E-state index is 8.48. The van der Waals surface area contributed by atoms with Crippen molar-refractivity contribution < 1.29 is 4.74 Å². The molecule has 2 nitrogen and oxygen atoms in total. The van der Waals surface area contributed by atoms with Gasteiger partial charge >= 0.3 is 0 Å². The van der Waals surface area contributed by atoms with E-state index in [1.165, 1.54) is 11.8 Å². The topological polar surface area (TPSA) is 33.0 Å². The number of nitriles is 1. The van der Waals surface area contributed by atoms with Gasteiger partial charge in [-0.1, -0.05) is 30.1 Å². The van der Waals surface area contributed by atoms with Crippen LogP contribution in [0.25, 0.3) is 0 Å². The Morgan fingerprint density at radius 2 is 2.18 bits per heavy atom. The first-order chi connectivity index (χ1) is 8.10. The van der Waals surface area contributed by atoms with Gasteiger partial charge in [-0.15, -0.1) is 0 Å². The van der Waals surface area contributed by atoms with Gasteiger partial charge in [-0.25, -0.2) is 0 Å². The molecule has 1 unspecified atom stereocenters. The zero-order valence-corrected chi connectivity index (χ0v) is 12.0. The van der Waals surface area contributed by atoms with Gasteiger partial charge in [0.05, 0.1) is 12.1 Å². The Bertz CT molecular complexity index is 431. The normalized spacial score (nSPS) is 11.9. The highest BCUT2D eigenvalue weighted by Crippen LogP contribution is 2.37. The highest BCUT2D eigenvalue weighted by molar-refractivity contribution is 8.03. The van der Waals surface area contributed by atoms with E-state index >= 15 is 0 Å². The number of ether oxygens (including phenoxy) is 1. The Morgan fingerprint density at radius 3 is 2.76 bits per heavy atom. The molecule has 1 atom stereocenters. The van der Waals surface area contributed by atoms with Crippen molar-refractivity contribution in [2.75, 3.05) is 12.9 Å². The number of methoxy groups -OCH3 is 1. The lowest BCUT2D eigenvalue weighted by Crippen LogP contribution is -2.00. The van der Waals surface area contributed by atoms with Crippen LogP contribution < -0.4 is 4.74 Å². The van der Waals surface area contributed by atoms with E-state index in [1.54, 1.807) is 13.2 Å². The third-order valence-electron chi connectivity index (χ3n) is 2.49. The summed E-state index contributed by atoms with van der Waals surface area (Å²) in [6.07, 6.45) is 0.880. The summed E-state index contributed by atoms with van der Waals surface area (Å²) >= 11 is 13.3. The van der Waals surface area contributed by atoms with Crippen LogP contribution in [0, 0.1) is 10.7 Å². The Balaban J connectivity index is 2.91. The van der Waals surface area contributed by atoms with E-state index in [0.29, 0.717) is 15.8 Å². The van der Waals surface area contributed by atoms with Gasteiger partial charge in [0.15, 0.2) is 0 Å². The molecule has 1 aromatic carbocycles. The lowest BCUT2D eigenvalue weighted by molar-refractivity contribution is 0.406. The summed E-state index contributed by atoms with van der Waals surface area (Å²) in [7, 11) is 1.59. The molecule has 0 saturated heterocycles. The van der Waals surface area contributed by atoms with Crippen molar-refractivity contribution in [2.45, 2.75) is 19.3 Å². The van der Waals surface area contributed by atoms with E-state index in [9.17, 15) is 0 Å². The lowest BCUT2D eigenvalue weighted by Gasteiger charge is -2.16. The van der Waals surface area contributed by atoms with Crippen molar-refractivity contribution >= 4 is 35.0 Å². The van der Waals surface area contributed by atoms with Gasteiger partial charge in [0.1, 0.15) is 11.2 Å². The molecule has 0 radical (unpaired) electrons. The number of hydrogen-bond donors (Lipinski definition) is 0. The van der Waals surface area contributed by atoms with Crippen LogP contribution in [0.2, 0.25) is 10.0 Å². The molecule has 0 aromatic heterocycles. The predicted molar refractivity (Wildman–Crippen MR) is 74.1 cm³/mol. The molecule has 0 heterocycles. The minimum absolute atomic E-state index is 0.252. The number of benzene rings is 1. The zero-order chi connectivity index (χ0) is 12.8. The molecule has 0 aliphatic rings. The lowest BCUT2D eigenvalue weighted by atomic mass is 9.97. The molecule has 17 heavy (non-hydrogen) atoms. The molecule has 0 aliphatic heterocycles. The van der Waals surface area contributed by atoms with Crippen LogP contribution in [0.1, 0.15) is 24.8 Å². The number of nitrogens with zero attached hydrogens (tertiary/aromatic N) is 1. The summed E-state index contributed by atoms with van der Waals surface area (Å²) in [5.74, 6) is 1.71. The van der Waals surface area contributed by atoms with Crippen molar-refractivity contribution in [1.29, 1.82) is 5.26 Å². The van der Waals surface area contributed by atoms with Gasteiger partial charge < -0.3 is 4.74 Å². The van der Waals surface area contributed by atoms with E-state index in [-0.39, 0.29) is 5.92 Å². The van der Waals surface area contributed by atoms with Crippen molar-refractivity contribution in [3.63, 3.8) is 0 Å². The molecule has 0 aliphatic carbocycles. The Kier molecular flexibility index (Phi) is 5.97. The van der Waals surface area contributed by atoms with E-state index in [1.807, 2.05) is 6.07 Å². The second kappa shape index (κ2) is 7.00. The van der Waals surface area contributed by atoms with Crippen LogP contribution in [-0.4, -0.2) is 12.9 Å². The van der Waals surface area contributed by atoms with E-state index < -0.39 is 0 Å². The predicted octanol–water partition coefficient (Wildman–Crippen LogP) is 4.71. The van der Waals surface area contributed by atoms with Gasteiger partial charge in [-0.2, -0.15) is 5.26 Å². The van der Waals surface area contributed by atoms with E-state index in [2.05, 4.69) is 12.3 Å². The minimum Gasteiger partial charge on any atom is -0.495 e. The largest absolute Gasteiger partial charge is 0.495 e. The molecule has 0 N–H and O–H groups in total. The standard InChI is InChI=1S/C12H13Cl2NOS/c1-8(3-4-17-7-15)10-5-9(13)6-11(14)12(10)16-2/h5-6,8H,3-4H2,1-2H3. The van der Waals surface area contributed by atoms with Gasteiger partial charge in [-0.05, 0) is 41.8 Å². The van der Waals surface area contributed by atoms with Crippen molar-refractivity contribution in [1.82, 2.24) is 0 Å². The monoisotopic (exact) mass is 289 g/mol. The van der Waals surface area contributed by atoms with Crippen LogP contribution in [0.5, 0.6) is 5.75 Å². The average molecular weight is 290 g/mol. The van der Waals surface area contributed by atoms with E-state index in [0.717, 1.165) is 17.7 Å². The van der Waals surface area contributed by atoms with Crippen LogP contribution >= 0.6 is 35.0 Å². The quantitative estimate of drug-likeness (QED) is 0.581. The summed E-state index contributed by atoms with van der Waals surface area (Å²) in [5.41, 5.74) is 0.989. The number of thioether (sulfide) groups is 1. The van der Waals surface area contributed by atoms with Crippen LogP contribution in [-0.2, 0) is 0 Å². The molecule has 92 valence electrons. The first kappa shape index (κ1) is 14.5. The first-order valence-corrected chi connectivity index (χ1v) is 6.88. The van der Waals surface area contributed by atoms with Crippen LogP contribution in [0.4, 0.5) is 0 Å². The fourth-order valence-electron chi connectivity index (χ4n) is 1.60. The van der Waals surface area contributed by atoms with Gasteiger partial charge in [-0.3, -0.25) is 0 Å². The molecule has 5 heteroatoms. The first-order valence-electron chi connectivity index (χ1n) is 5.14. The third kappa shape index (κ3) is 3.99. The average Bonchev–Trinajstić information content (AvgIpc) is 2.28. The number of thiocyanates is 1. The Morgan fingerprint density at radius 1 is 1.47 bits per heavy atom. The van der Waals surface area contributed by atoms with Gasteiger partial charge in [0.2, 0.25) is 0 Å². The Labute approximate surface area is 116 Å². The van der Waals surface area contributed by atoms with Crippen molar-refractivity contribution in [3.8, 4) is 11.2 Å². The van der Waals surface area contributed by atoms with Crippen molar-refractivity contribution in [3.05, 3.63) is 27.7 Å². The minimum atomic E-state index is 0.252. The van der Waals surface area contributed by atoms with Crippen LogP contribution in [0.3, 0.4) is 0 Å². The van der Waals surface area contributed by atoms with E-state index in [4.69, 9.17) is 33.2 Å². The fourth-order valence-corrected chi connectivity index (χ4v) is 2.75. The summed E-state index contributed by atoms with van der Waals surface area (Å²) in [5, 5.41) is 11.7. The highest BCUT2D eigenvalue weighted by atomic mass is 35.5. The summed E-state index contributed by atoms with van der Waals surface area (Å²) in [6.45, 7) is 2.07. The van der Waals surface area contributed by atoms with Crippen LogP contribution in [0.15, 0.2) is 12.1 Å². The fraction of sp³-hybridized carbons (Fsp3) is 0.417. The molecular weight excluding hydrogens is 277 g/mol. The molecule has 0 bridgehead atoms. The molecule has 0 amide bonds. The third-order valence-corrected chi connectivity index (χ3v) is 3.56. The highest BCUT2D eigenvalue weighted by Gasteiger charge is 2.15. The molecule has 1 aromatic rings. The summed E-state index contributed by atoms with van der Waals surface area (Å²) < 4.78 is 5.30. The second-order valence-electron chi connectivity index (χ2n) is 3.64. The number of rotatable bonds is 5. The number of hydrogen-bond acceptors (Lipinski definition) is 3. The van der Waals surface area contributed by atoms with Gasteiger partial charge in [0.25, 0.3) is 0 Å². The maximum atomic E-state index is 8.48. The molecule has 0 spiro atoms. The molecule has 0 fully saturated rings. The zero-order valence-electron chi connectivity index (χ0n) is 9.67. The Hall–Kier alpha value is -0.560. The molecule has 1 rings (SSSR count). The summed E-state index contributed by atoms with van der Waals surface area (Å²) in [4.78, 5) is 0. The maximum Gasteiger partial charge on any atom is 0.141 e. The number of halogens is 2. The molecule has 0 saturated carbocycles. The molecular formula is C12H13Cl2NOS. The van der Waals surface area contributed by atoms with Gasteiger partial charge in [0, 0.05) is 10.8 Å². The van der Waals surface area contributed by atoms with Crippen molar-refractivity contribution in [2.24, 2.45) is 0 Å². The SMILES string of the molecule is COc1c(Cl)cc(Cl)cc1C(C)CCSC#N. The smallest absolute Gasteiger partial charge is 0.141 e. The second-order valence-corrected chi connectivity index (χ2v) is 5.36.